The predicted octanol–water partition coefficient (Wildman–Crippen LogP) is 5.17. The maximum atomic E-state index is 12.2. The molecule has 2 aliphatic carbocycles. The van der Waals surface area contributed by atoms with Crippen LogP contribution in [0.1, 0.15) is 51.1 Å². The number of anilines is 2. The van der Waals surface area contributed by atoms with E-state index in [1.54, 1.807) is 18.4 Å². The Morgan fingerprint density at radius 3 is 2.68 bits per heavy atom. The highest BCUT2D eigenvalue weighted by molar-refractivity contribution is 7.20. The van der Waals surface area contributed by atoms with Crippen molar-refractivity contribution in [1.82, 2.24) is 9.97 Å². The molecule has 2 aliphatic rings. The molecular formula is C20H24N4O2S2. The summed E-state index contributed by atoms with van der Waals surface area (Å²) in [6.45, 7) is 7.81. The SMILES string of the molecule is COC1=C(Nc2nc3c(s2)Cc2nc(NC(=O)C(C)(C)C)sc2-3)C=C(C)CC1. The lowest BCUT2D eigenvalue weighted by Gasteiger charge is -2.17. The molecule has 6 nitrogen and oxygen atoms in total. The van der Waals surface area contributed by atoms with Crippen molar-refractivity contribution >= 4 is 38.8 Å². The van der Waals surface area contributed by atoms with Crippen molar-refractivity contribution in [3.63, 3.8) is 0 Å². The van der Waals surface area contributed by atoms with Crippen molar-refractivity contribution in [2.24, 2.45) is 5.41 Å². The van der Waals surface area contributed by atoms with Crippen LogP contribution in [-0.4, -0.2) is 23.0 Å². The minimum atomic E-state index is -0.447. The number of fused-ring (bicyclic) bond motifs is 3. The van der Waals surface area contributed by atoms with E-state index in [1.165, 1.54) is 21.8 Å². The second-order valence-electron chi connectivity index (χ2n) is 8.12. The molecule has 0 aliphatic heterocycles. The summed E-state index contributed by atoms with van der Waals surface area (Å²) < 4.78 is 5.53. The van der Waals surface area contributed by atoms with Crippen LogP contribution in [0.25, 0.3) is 10.6 Å². The fourth-order valence-electron chi connectivity index (χ4n) is 3.13. The molecule has 0 aromatic carbocycles. The average molecular weight is 417 g/mol. The zero-order valence-corrected chi connectivity index (χ0v) is 18.4. The van der Waals surface area contributed by atoms with Crippen molar-refractivity contribution in [2.45, 2.75) is 47.0 Å². The van der Waals surface area contributed by atoms with E-state index >= 15 is 0 Å². The maximum Gasteiger partial charge on any atom is 0.231 e. The minimum absolute atomic E-state index is 0.0285. The first-order valence-corrected chi connectivity index (χ1v) is 10.9. The molecule has 148 valence electrons. The van der Waals surface area contributed by atoms with Gasteiger partial charge in [0.1, 0.15) is 5.76 Å². The zero-order chi connectivity index (χ0) is 20.1. The van der Waals surface area contributed by atoms with Crippen LogP contribution in [0, 0.1) is 5.41 Å². The van der Waals surface area contributed by atoms with Crippen molar-refractivity contribution in [2.75, 3.05) is 17.7 Å². The number of thiazole rings is 2. The topological polar surface area (TPSA) is 76.1 Å². The van der Waals surface area contributed by atoms with Gasteiger partial charge < -0.3 is 15.4 Å². The number of allylic oxidation sites excluding steroid dienone is 3. The number of carbonyl (C=O) groups excluding carboxylic acids is 1. The van der Waals surface area contributed by atoms with Crippen LogP contribution in [-0.2, 0) is 16.0 Å². The lowest BCUT2D eigenvalue weighted by Crippen LogP contribution is -2.27. The van der Waals surface area contributed by atoms with Crippen molar-refractivity contribution in [3.05, 3.63) is 33.7 Å². The van der Waals surface area contributed by atoms with Gasteiger partial charge in [-0.2, -0.15) is 0 Å². The molecule has 8 heteroatoms. The summed E-state index contributed by atoms with van der Waals surface area (Å²) in [5.41, 5.74) is 3.85. The van der Waals surface area contributed by atoms with Gasteiger partial charge in [-0.15, -0.1) is 11.3 Å². The van der Waals surface area contributed by atoms with E-state index in [4.69, 9.17) is 9.72 Å². The van der Waals surface area contributed by atoms with Crippen LogP contribution in [0.2, 0.25) is 0 Å². The molecule has 0 saturated heterocycles. The van der Waals surface area contributed by atoms with Gasteiger partial charge in [-0.3, -0.25) is 4.79 Å². The van der Waals surface area contributed by atoms with Gasteiger partial charge in [0.05, 0.1) is 29.1 Å². The Bertz CT molecular complexity index is 1010. The van der Waals surface area contributed by atoms with E-state index in [9.17, 15) is 4.79 Å². The van der Waals surface area contributed by atoms with Gasteiger partial charge in [0.2, 0.25) is 5.91 Å². The van der Waals surface area contributed by atoms with Gasteiger partial charge in [0.15, 0.2) is 10.3 Å². The van der Waals surface area contributed by atoms with Gasteiger partial charge in [-0.25, -0.2) is 9.97 Å². The summed E-state index contributed by atoms with van der Waals surface area (Å²) in [6.07, 6.45) is 4.82. The Hall–Kier alpha value is -2.19. The molecule has 2 heterocycles. The second-order valence-corrected chi connectivity index (χ2v) is 10.2. The van der Waals surface area contributed by atoms with Gasteiger partial charge in [-0.05, 0) is 19.4 Å². The molecule has 28 heavy (non-hydrogen) atoms. The Labute approximate surface area is 172 Å². The van der Waals surface area contributed by atoms with Crippen molar-refractivity contribution < 1.29 is 9.53 Å². The normalized spacial score (nSPS) is 15.8. The molecule has 2 aromatic rings. The third-order valence-electron chi connectivity index (χ3n) is 4.76. The number of rotatable bonds is 4. The van der Waals surface area contributed by atoms with Crippen LogP contribution in [0.3, 0.4) is 0 Å². The highest BCUT2D eigenvalue weighted by Gasteiger charge is 2.30. The molecule has 4 rings (SSSR count). The summed E-state index contributed by atoms with van der Waals surface area (Å²) in [7, 11) is 1.71. The smallest absolute Gasteiger partial charge is 0.231 e. The Morgan fingerprint density at radius 2 is 1.96 bits per heavy atom. The van der Waals surface area contributed by atoms with E-state index < -0.39 is 5.41 Å². The molecule has 2 N–H and O–H groups in total. The average Bonchev–Trinajstić information content (AvgIpc) is 3.25. The molecule has 1 amide bonds. The monoisotopic (exact) mass is 416 g/mol. The molecule has 2 aromatic heterocycles. The third-order valence-corrected chi connectivity index (χ3v) is 6.76. The van der Waals surface area contributed by atoms with Gasteiger partial charge in [0, 0.05) is 23.1 Å². The highest BCUT2D eigenvalue weighted by Crippen LogP contribution is 2.45. The van der Waals surface area contributed by atoms with Gasteiger partial charge in [-0.1, -0.05) is 37.7 Å². The summed E-state index contributed by atoms with van der Waals surface area (Å²) in [5, 5.41) is 7.87. The Kier molecular flexibility index (Phi) is 4.79. The van der Waals surface area contributed by atoms with E-state index in [-0.39, 0.29) is 5.91 Å². The first-order chi connectivity index (χ1) is 13.2. The van der Waals surface area contributed by atoms with E-state index in [0.717, 1.165) is 52.1 Å². The lowest BCUT2D eigenvalue weighted by molar-refractivity contribution is -0.123. The van der Waals surface area contributed by atoms with Crippen LogP contribution in [0.4, 0.5) is 10.3 Å². The molecule has 0 radical (unpaired) electrons. The molecular weight excluding hydrogens is 392 g/mol. The fraction of sp³-hybridized carbons (Fsp3) is 0.450. The molecule has 0 fully saturated rings. The number of hydrogen-bond donors (Lipinski definition) is 2. The number of ether oxygens (including phenoxy) is 1. The minimum Gasteiger partial charge on any atom is -0.499 e. The van der Waals surface area contributed by atoms with Crippen LogP contribution < -0.4 is 10.6 Å². The summed E-state index contributed by atoms with van der Waals surface area (Å²) >= 11 is 3.15. The quantitative estimate of drug-likeness (QED) is 0.614. The van der Waals surface area contributed by atoms with Crippen molar-refractivity contribution in [1.29, 1.82) is 0 Å². The summed E-state index contributed by atoms with van der Waals surface area (Å²) in [4.78, 5) is 23.9. The fourth-order valence-corrected chi connectivity index (χ4v) is 5.17. The van der Waals surface area contributed by atoms with Gasteiger partial charge >= 0.3 is 0 Å². The standard InChI is InChI=1S/C20H24N4O2S2/c1-10-6-7-13(26-5)11(8-10)21-18-23-15-14(27-18)9-12-16(15)28-19(22-12)24-17(25)20(2,3)4/h8H,6-7,9H2,1-5H3,(H,21,23)(H,22,24,25). The molecule has 0 unspecified atom stereocenters. The summed E-state index contributed by atoms with van der Waals surface area (Å²) in [5.74, 6) is 0.936. The number of nitrogens with one attached hydrogen (secondary N) is 2. The number of carbonyl (C=O) groups is 1. The lowest BCUT2D eigenvalue weighted by atomic mass is 9.96. The Balaban J connectivity index is 1.56. The van der Waals surface area contributed by atoms with E-state index in [2.05, 4.69) is 28.6 Å². The number of methoxy groups -OCH3 is 1. The largest absolute Gasteiger partial charge is 0.499 e. The van der Waals surface area contributed by atoms with Crippen LogP contribution in [0.15, 0.2) is 23.1 Å². The summed E-state index contributed by atoms with van der Waals surface area (Å²) in [6, 6.07) is 0. The second kappa shape index (κ2) is 7.00. The number of hydrogen-bond acceptors (Lipinski definition) is 7. The van der Waals surface area contributed by atoms with E-state index in [1.807, 2.05) is 20.8 Å². The zero-order valence-electron chi connectivity index (χ0n) is 16.7. The van der Waals surface area contributed by atoms with Crippen LogP contribution >= 0.6 is 22.7 Å². The maximum absolute atomic E-state index is 12.2. The predicted molar refractivity (Wildman–Crippen MR) is 115 cm³/mol. The number of aromatic nitrogens is 2. The Morgan fingerprint density at radius 1 is 1.18 bits per heavy atom. The van der Waals surface area contributed by atoms with Crippen LogP contribution in [0.5, 0.6) is 0 Å². The van der Waals surface area contributed by atoms with Gasteiger partial charge in [0.25, 0.3) is 0 Å². The first-order valence-electron chi connectivity index (χ1n) is 9.27. The highest BCUT2D eigenvalue weighted by atomic mass is 32.1. The van der Waals surface area contributed by atoms with Crippen molar-refractivity contribution in [3.8, 4) is 10.6 Å². The molecule has 0 bridgehead atoms. The number of amides is 1. The third kappa shape index (κ3) is 3.58. The molecule has 0 spiro atoms. The molecule has 0 saturated carbocycles. The van der Waals surface area contributed by atoms with E-state index in [0.29, 0.717) is 5.13 Å². The first kappa shape index (κ1) is 19.1. The molecule has 0 atom stereocenters. The number of nitrogens with zero attached hydrogens (tertiary/aromatic N) is 2.